The number of allylic oxidation sites excluding steroid dienone is 1. The Labute approximate surface area is 194 Å². The molecule has 176 valence electrons. The van der Waals surface area contributed by atoms with E-state index < -0.39 is 0 Å². The first-order valence-electron chi connectivity index (χ1n) is 11.3. The molecule has 0 radical (unpaired) electrons. The number of Topliss-reactive ketones (excluding diaryl/α,β-unsaturated/α-hetero) is 1. The summed E-state index contributed by atoms with van der Waals surface area (Å²) >= 11 is 0. The minimum atomic E-state index is -0.0224. The van der Waals surface area contributed by atoms with Crippen molar-refractivity contribution in [1.29, 1.82) is 0 Å². The summed E-state index contributed by atoms with van der Waals surface area (Å²) in [4.78, 5) is 12.2. The van der Waals surface area contributed by atoms with Crippen molar-refractivity contribution in [2.24, 2.45) is 0 Å². The minimum Gasteiger partial charge on any atom is -0.499 e. The predicted octanol–water partition coefficient (Wildman–Crippen LogP) is 4.33. The molecule has 9 nitrogen and oxygen atoms in total. The molecule has 3 rings (SSSR count). The van der Waals surface area contributed by atoms with Crippen molar-refractivity contribution in [1.82, 2.24) is 30.0 Å². The van der Waals surface area contributed by atoms with E-state index in [2.05, 4.69) is 34.5 Å². The van der Waals surface area contributed by atoms with Crippen LogP contribution in [-0.4, -0.2) is 55.6 Å². The van der Waals surface area contributed by atoms with Gasteiger partial charge in [-0.2, -0.15) is 0 Å². The Balaban J connectivity index is 1.73. The highest BCUT2D eigenvalue weighted by molar-refractivity contribution is 5.96. The summed E-state index contributed by atoms with van der Waals surface area (Å²) in [6, 6.07) is 5.91. The highest BCUT2D eigenvalue weighted by Gasteiger charge is 2.14. The molecule has 0 saturated carbocycles. The van der Waals surface area contributed by atoms with Gasteiger partial charge in [0, 0.05) is 16.7 Å². The van der Waals surface area contributed by atoms with Crippen molar-refractivity contribution in [2.75, 3.05) is 19.8 Å². The molecule has 1 aromatic carbocycles. The van der Waals surface area contributed by atoms with Gasteiger partial charge < -0.3 is 9.47 Å². The van der Waals surface area contributed by atoms with E-state index in [0.29, 0.717) is 37.6 Å². The van der Waals surface area contributed by atoms with Gasteiger partial charge in [-0.1, -0.05) is 29.8 Å². The third-order valence-corrected chi connectivity index (χ3v) is 5.18. The molecule has 3 aromatic rings. The monoisotopic (exact) mass is 452 g/mol. The van der Waals surface area contributed by atoms with Crippen LogP contribution < -0.4 is 0 Å². The molecule has 2 heterocycles. The van der Waals surface area contributed by atoms with Gasteiger partial charge in [-0.05, 0) is 45.4 Å². The second kappa shape index (κ2) is 12.1. The first-order chi connectivity index (χ1) is 16.0. The fourth-order valence-corrected chi connectivity index (χ4v) is 3.37. The van der Waals surface area contributed by atoms with E-state index in [4.69, 9.17) is 9.47 Å². The Morgan fingerprint density at radius 2 is 1.79 bits per heavy atom. The maximum absolute atomic E-state index is 12.2. The van der Waals surface area contributed by atoms with Crippen LogP contribution in [0.3, 0.4) is 0 Å². The normalized spacial score (nSPS) is 12.4. The molecule has 2 aromatic heterocycles. The van der Waals surface area contributed by atoms with Crippen LogP contribution in [0.2, 0.25) is 0 Å². The van der Waals surface area contributed by atoms with E-state index >= 15 is 0 Å². The predicted molar refractivity (Wildman–Crippen MR) is 126 cm³/mol. The van der Waals surface area contributed by atoms with E-state index in [1.807, 2.05) is 48.3 Å². The summed E-state index contributed by atoms with van der Waals surface area (Å²) < 4.78 is 14.4. The molecular formula is C24H32N6O3. The molecule has 0 amide bonds. The van der Waals surface area contributed by atoms with Crippen molar-refractivity contribution in [3.63, 3.8) is 0 Å². The number of hydrogen-bond acceptors (Lipinski definition) is 7. The fourth-order valence-electron chi connectivity index (χ4n) is 3.37. The summed E-state index contributed by atoms with van der Waals surface area (Å²) in [5.41, 5.74) is 3.64. The average Bonchev–Trinajstić information content (AvgIpc) is 3.49. The van der Waals surface area contributed by atoms with Gasteiger partial charge in [0.1, 0.15) is 18.0 Å². The zero-order valence-corrected chi connectivity index (χ0v) is 19.8. The number of rotatable bonds is 13. The smallest absolute Gasteiger partial charge is 0.159 e. The lowest BCUT2D eigenvalue weighted by Gasteiger charge is -2.08. The molecule has 0 aliphatic rings. The van der Waals surface area contributed by atoms with Gasteiger partial charge in [-0.3, -0.25) is 4.79 Å². The molecular weight excluding hydrogens is 420 g/mol. The zero-order valence-electron chi connectivity index (χ0n) is 19.8. The molecule has 0 bridgehead atoms. The first kappa shape index (κ1) is 24.3. The standard InChI is InChI=1S/C24H32N6O3/c1-5-7-18(3)30-17-24(26-28-30)22-14-20(19(4)31)13-21(15-22)23-16-29(27-25-23)8-10-33-12-11-32-9-6-2/h6,9,13-18H,5,7-8,10-12H2,1-4H3/b9-6+. The Kier molecular flexibility index (Phi) is 8.88. The molecule has 0 N–H and O–H groups in total. The van der Waals surface area contributed by atoms with Gasteiger partial charge in [0.25, 0.3) is 0 Å². The van der Waals surface area contributed by atoms with Crippen molar-refractivity contribution in [3.8, 4) is 22.5 Å². The molecule has 9 heteroatoms. The van der Waals surface area contributed by atoms with Crippen molar-refractivity contribution >= 4 is 5.78 Å². The molecule has 1 unspecified atom stereocenters. The number of nitrogens with zero attached hydrogens (tertiary/aromatic N) is 6. The lowest BCUT2D eigenvalue weighted by atomic mass is 10.0. The third-order valence-electron chi connectivity index (χ3n) is 5.18. The van der Waals surface area contributed by atoms with Crippen LogP contribution in [-0.2, 0) is 16.0 Å². The number of aromatic nitrogens is 6. The highest BCUT2D eigenvalue weighted by atomic mass is 16.5. The van der Waals surface area contributed by atoms with Crippen LogP contribution in [0.4, 0.5) is 0 Å². The van der Waals surface area contributed by atoms with Gasteiger partial charge in [-0.15, -0.1) is 10.2 Å². The van der Waals surface area contributed by atoms with Gasteiger partial charge in [0.05, 0.1) is 44.5 Å². The summed E-state index contributed by atoms with van der Waals surface area (Å²) in [6.45, 7) is 9.81. The molecule has 0 aliphatic heterocycles. The average molecular weight is 453 g/mol. The van der Waals surface area contributed by atoms with Crippen LogP contribution in [0, 0.1) is 0 Å². The quantitative estimate of drug-likeness (QED) is 0.216. The number of carbonyl (C=O) groups is 1. The van der Waals surface area contributed by atoms with Gasteiger partial charge in [-0.25, -0.2) is 9.36 Å². The number of ketones is 1. The van der Waals surface area contributed by atoms with E-state index in [9.17, 15) is 4.79 Å². The van der Waals surface area contributed by atoms with Crippen molar-refractivity contribution in [3.05, 3.63) is 48.5 Å². The second-order valence-electron chi connectivity index (χ2n) is 7.90. The van der Waals surface area contributed by atoms with Crippen LogP contribution >= 0.6 is 0 Å². The highest BCUT2D eigenvalue weighted by Crippen LogP contribution is 2.27. The van der Waals surface area contributed by atoms with Gasteiger partial charge in [0.2, 0.25) is 0 Å². The van der Waals surface area contributed by atoms with Crippen LogP contribution in [0.25, 0.3) is 22.5 Å². The lowest BCUT2D eigenvalue weighted by Crippen LogP contribution is -2.09. The molecule has 1 atom stereocenters. The van der Waals surface area contributed by atoms with Gasteiger partial charge in [0.15, 0.2) is 5.78 Å². The largest absolute Gasteiger partial charge is 0.499 e. The number of benzene rings is 1. The van der Waals surface area contributed by atoms with Gasteiger partial charge >= 0.3 is 0 Å². The summed E-state index contributed by atoms with van der Waals surface area (Å²) in [5, 5.41) is 17.1. The first-order valence-corrected chi connectivity index (χ1v) is 11.3. The van der Waals surface area contributed by atoms with E-state index in [1.165, 1.54) is 0 Å². The Bertz CT molecular complexity index is 1070. The zero-order chi connectivity index (χ0) is 23.6. The molecule has 0 spiro atoms. The minimum absolute atomic E-state index is 0.0224. The summed E-state index contributed by atoms with van der Waals surface area (Å²) in [5.74, 6) is -0.0224. The summed E-state index contributed by atoms with van der Waals surface area (Å²) in [7, 11) is 0. The van der Waals surface area contributed by atoms with Crippen LogP contribution in [0.1, 0.15) is 56.9 Å². The van der Waals surface area contributed by atoms with Crippen LogP contribution in [0.5, 0.6) is 0 Å². The van der Waals surface area contributed by atoms with Crippen LogP contribution in [0.15, 0.2) is 42.9 Å². The Morgan fingerprint density at radius 3 is 2.48 bits per heavy atom. The fraction of sp³-hybridized carbons (Fsp3) is 0.458. The Morgan fingerprint density at radius 1 is 1.06 bits per heavy atom. The summed E-state index contributed by atoms with van der Waals surface area (Å²) in [6.07, 6.45) is 9.35. The topological polar surface area (TPSA) is 97.0 Å². The third kappa shape index (κ3) is 6.82. The van der Waals surface area contributed by atoms with E-state index in [-0.39, 0.29) is 11.8 Å². The lowest BCUT2D eigenvalue weighted by molar-refractivity contribution is 0.0783. The molecule has 0 saturated heterocycles. The number of hydrogen-bond donors (Lipinski definition) is 0. The maximum atomic E-state index is 12.2. The van der Waals surface area contributed by atoms with E-state index in [1.54, 1.807) is 17.9 Å². The second-order valence-corrected chi connectivity index (χ2v) is 7.90. The molecule has 33 heavy (non-hydrogen) atoms. The van der Waals surface area contributed by atoms with E-state index in [0.717, 1.165) is 29.7 Å². The number of ether oxygens (including phenoxy) is 2. The van der Waals surface area contributed by atoms with Crippen molar-refractivity contribution < 1.29 is 14.3 Å². The van der Waals surface area contributed by atoms with Crippen molar-refractivity contribution in [2.45, 2.75) is 53.1 Å². The number of carbonyl (C=O) groups excluding carboxylic acids is 1. The Hall–Kier alpha value is -3.33. The maximum Gasteiger partial charge on any atom is 0.159 e. The molecule has 0 aliphatic carbocycles. The SMILES string of the molecule is C/C=C/OCCOCCn1cc(-c2cc(C(C)=O)cc(-c3cn(C(C)CCC)nn3)c2)nn1. The molecule has 0 fully saturated rings.